The van der Waals surface area contributed by atoms with Gasteiger partial charge in [-0.3, -0.25) is 13.9 Å². The number of imidazole rings is 1. The lowest BCUT2D eigenvalue weighted by Gasteiger charge is -2.10. The lowest BCUT2D eigenvalue weighted by Crippen LogP contribution is -2.36. The molecule has 8 heteroatoms. The average Bonchev–Trinajstić information content (AvgIpc) is 3.07. The molecule has 0 amide bonds. The number of nitrogens with one attached hydrogen (secondary N) is 2. The van der Waals surface area contributed by atoms with Crippen molar-refractivity contribution in [2.75, 3.05) is 32.0 Å². The van der Waals surface area contributed by atoms with Crippen LogP contribution in [0.3, 0.4) is 0 Å². The first-order valence-electron chi connectivity index (χ1n) is 7.05. The van der Waals surface area contributed by atoms with Crippen molar-refractivity contribution in [2.24, 2.45) is 20.0 Å². The van der Waals surface area contributed by atoms with E-state index in [0.29, 0.717) is 23.0 Å². The molecule has 1 saturated heterocycles. The summed E-state index contributed by atoms with van der Waals surface area (Å²) in [6, 6.07) is 0. The van der Waals surface area contributed by atoms with Crippen molar-refractivity contribution < 1.29 is 0 Å². The maximum atomic E-state index is 12.1. The van der Waals surface area contributed by atoms with E-state index >= 15 is 0 Å². The van der Waals surface area contributed by atoms with E-state index in [1.54, 1.807) is 7.05 Å². The molecule has 0 bridgehead atoms. The molecular weight excluding hydrogens is 272 g/mol. The second kappa shape index (κ2) is 5.03. The molecule has 1 unspecified atom stereocenters. The summed E-state index contributed by atoms with van der Waals surface area (Å²) in [5.74, 6) is 1.12. The Morgan fingerprint density at radius 2 is 2.05 bits per heavy atom. The Morgan fingerprint density at radius 3 is 2.71 bits per heavy atom. The zero-order chi connectivity index (χ0) is 15.1. The molecule has 1 aliphatic rings. The Hall–Kier alpha value is -2.09. The van der Waals surface area contributed by atoms with E-state index in [0.717, 1.165) is 30.6 Å². The third kappa shape index (κ3) is 2.35. The molecule has 2 aromatic heterocycles. The van der Waals surface area contributed by atoms with Crippen LogP contribution in [0.5, 0.6) is 0 Å². The average molecular weight is 292 g/mol. The summed E-state index contributed by atoms with van der Waals surface area (Å²) in [4.78, 5) is 33.5. The van der Waals surface area contributed by atoms with Crippen LogP contribution >= 0.6 is 0 Å². The molecule has 1 aliphatic heterocycles. The molecule has 3 rings (SSSR count). The van der Waals surface area contributed by atoms with Crippen LogP contribution in [0.2, 0.25) is 0 Å². The van der Waals surface area contributed by atoms with Gasteiger partial charge >= 0.3 is 5.69 Å². The second-order valence-electron chi connectivity index (χ2n) is 5.79. The Labute approximate surface area is 121 Å². The SMILES string of the molecule is CN1CCC(CNc2nc3c([nH]2)c(=O)n(C)c(=O)n3C)C1. The Balaban J connectivity index is 1.88. The highest BCUT2D eigenvalue weighted by Crippen LogP contribution is 2.15. The fourth-order valence-corrected chi connectivity index (χ4v) is 2.84. The molecule has 0 saturated carbocycles. The van der Waals surface area contributed by atoms with Crippen molar-refractivity contribution in [2.45, 2.75) is 6.42 Å². The van der Waals surface area contributed by atoms with Gasteiger partial charge < -0.3 is 15.2 Å². The second-order valence-corrected chi connectivity index (χ2v) is 5.79. The molecule has 0 spiro atoms. The van der Waals surface area contributed by atoms with Crippen LogP contribution in [0.25, 0.3) is 11.2 Å². The summed E-state index contributed by atoms with van der Waals surface area (Å²) in [5, 5.41) is 3.23. The fraction of sp³-hybridized carbons (Fsp3) is 0.615. The van der Waals surface area contributed by atoms with E-state index in [1.165, 1.54) is 11.6 Å². The van der Waals surface area contributed by atoms with Crippen molar-refractivity contribution in [1.82, 2.24) is 24.0 Å². The maximum absolute atomic E-state index is 12.1. The van der Waals surface area contributed by atoms with E-state index in [4.69, 9.17) is 0 Å². The number of H-pyrrole nitrogens is 1. The largest absolute Gasteiger partial charge is 0.355 e. The molecule has 0 radical (unpaired) electrons. The van der Waals surface area contributed by atoms with Crippen LogP contribution in [0.1, 0.15) is 6.42 Å². The quantitative estimate of drug-likeness (QED) is 0.783. The molecule has 3 heterocycles. The van der Waals surface area contributed by atoms with Gasteiger partial charge in [0.25, 0.3) is 5.56 Å². The van der Waals surface area contributed by atoms with Gasteiger partial charge in [0.2, 0.25) is 5.95 Å². The first-order chi connectivity index (χ1) is 9.97. The predicted molar refractivity (Wildman–Crippen MR) is 80.7 cm³/mol. The first-order valence-corrected chi connectivity index (χ1v) is 7.05. The number of hydrogen-bond acceptors (Lipinski definition) is 5. The van der Waals surface area contributed by atoms with Crippen molar-refractivity contribution in [3.8, 4) is 0 Å². The maximum Gasteiger partial charge on any atom is 0.332 e. The normalized spacial score (nSPS) is 19.5. The summed E-state index contributed by atoms with van der Waals surface area (Å²) < 4.78 is 2.46. The van der Waals surface area contributed by atoms with Crippen LogP contribution < -0.4 is 16.6 Å². The van der Waals surface area contributed by atoms with Crippen LogP contribution in [0.15, 0.2) is 9.59 Å². The molecule has 114 valence electrons. The number of aromatic amines is 1. The molecule has 2 N–H and O–H groups in total. The number of hydrogen-bond donors (Lipinski definition) is 2. The Kier molecular flexibility index (Phi) is 3.32. The zero-order valence-electron chi connectivity index (χ0n) is 12.5. The van der Waals surface area contributed by atoms with Gasteiger partial charge in [0, 0.05) is 27.2 Å². The van der Waals surface area contributed by atoms with E-state index in [-0.39, 0.29) is 11.2 Å². The molecule has 8 nitrogen and oxygen atoms in total. The highest BCUT2D eigenvalue weighted by molar-refractivity contribution is 5.72. The number of likely N-dealkylation sites (tertiary alicyclic amines) is 1. The minimum absolute atomic E-state index is 0.352. The molecule has 21 heavy (non-hydrogen) atoms. The number of aryl methyl sites for hydroxylation is 1. The zero-order valence-corrected chi connectivity index (χ0v) is 12.5. The van der Waals surface area contributed by atoms with E-state index in [9.17, 15) is 9.59 Å². The van der Waals surface area contributed by atoms with Gasteiger partial charge in [-0.2, -0.15) is 4.98 Å². The van der Waals surface area contributed by atoms with Crippen LogP contribution in [0, 0.1) is 5.92 Å². The smallest absolute Gasteiger partial charge is 0.332 e. The highest BCUT2D eigenvalue weighted by atomic mass is 16.2. The predicted octanol–water partition coefficient (Wildman–Crippen LogP) is -0.676. The summed E-state index contributed by atoms with van der Waals surface area (Å²) in [6.45, 7) is 2.98. The van der Waals surface area contributed by atoms with Gasteiger partial charge in [0.15, 0.2) is 11.2 Å². The van der Waals surface area contributed by atoms with Gasteiger partial charge in [-0.25, -0.2) is 4.79 Å². The number of fused-ring (bicyclic) bond motifs is 1. The van der Waals surface area contributed by atoms with Gasteiger partial charge in [0.1, 0.15) is 0 Å². The Bertz CT molecular complexity index is 786. The van der Waals surface area contributed by atoms with Crippen LogP contribution in [-0.4, -0.2) is 50.7 Å². The van der Waals surface area contributed by atoms with Crippen molar-refractivity contribution in [3.05, 3.63) is 20.8 Å². The fourth-order valence-electron chi connectivity index (χ4n) is 2.84. The van der Waals surface area contributed by atoms with Gasteiger partial charge in [-0.1, -0.05) is 0 Å². The van der Waals surface area contributed by atoms with Gasteiger partial charge in [-0.05, 0) is 25.9 Å². The number of anilines is 1. The molecular formula is C13H20N6O2. The summed E-state index contributed by atoms with van der Waals surface area (Å²) in [6.07, 6.45) is 1.16. The summed E-state index contributed by atoms with van der Waals surface area (Å²) in [5.41, 5.74) is 0.0111. The van der Waals surface area contributed by atoms with Gasteiger partial charge in [-0.15, -0.1) is 0 Å². The van der Waals surface area contributed by atoms with Crippen molar-refractivity contribution in [1.29, 1.82) is 0 Å². The number of nitrogens with zero attached hydrogens (tertiary/aromatic N) is 4. The summed E-state index contributed by atoms with van der Waals surface area (Å²) >= 11 is 0. The van der Waals surface area contributed by atoms with Crippen LogP contribution in [0.4, 0.5) is 5.95 Å². The van der Waals surface area contributed by atoms with E-state index in [1.807, 2.05) is 0 Å². The standard InChI is InChI=1S/C13H20N6O2/c1-17-5-4-8(7-17)6-14-12-15-9-10(16-12)18(2)13(21)19(3)11(9)20/h8H,4-7H2,1-3H3,(H2,14,15,16). The minimum Gasteiger partial charge on any atom is -0.355 e. The van der Waals surface area contributed by atoms with Crippen molar-refractivity contribution in [3.63, 3.8) is 0 Å². The van der Waals surface area contributed by atoms with Gasteiger partial charge in [0.05, 0.1) is 0 Å². The molecule has 2 aromatic rings. The first kappa shape index (κ1) is 13.9. The molecule has 0 aliphatic carbocycles. The molecule has 1 fully saturated rings. The minimum atomic E-state index is -0.372. The van der Waals surface area contributed by atoms with Crippen LogP contribution in [-0.2, 0) is 14.1 Å². The van der Waals surface area contributed by atoms with Crippen molar-refractivity contribution >= 4 is 17.1 Å². The monoisotopic (exact) mass is 292 g/mol. The molecule has 0 aromatic carbocycles. The third-order valence-corrected chi connectivity index (χ3v) is 4.14. The lowest BCUT2D eigenvalue weighted by atomic mass is 10.1. The lowest BCUT2D eigenvalue weighted by molar-refractivity contribution is 0.399. The number of aromatic nitrogens is 4. The van der Waals surface area contributed by atoms with E-state index < -0.39 is 0 Å². The van der Waals surface area contributed by atoms with E-state index in [2.05, 4.69) is 27.2 Å². The molecule has 1 atom stereocenters. The topological polar surface area (TPSA) is 88.0 Å². The summed E-state index contributed by atoms with van der Waals surface area (Å²) in [7, 11) is 5.19. The third-order valence-electron chi connectivity index (χ3n) is 4.14. The number of rotatable bonds is 3. The highest BCUT2D eigenvalue weighted by Gasteiger charge is 2.20. The Morgan fingerprint density at radius 1 is 1.29 bits per heavy atom.